The highest BCUT2D eigenvalue weighted by atomic mass is 35.5. The van der Waals surface area contributed by atoms with Crippen LogP contribution < -0.4 is 9.21 Å². The fourth-order valence-electron chi connectivity index (χ4n) is 4.01. The van der Waals surface area contributed by atoms with Gasteiger partial charge >= 0.3 is 0 Å². The highest BCUT2D eigenvalue weighted by molar-refractivity contribution is 7.92. The van der Waals surface area contributed by atoms with Crippen molar-refractivity contribution in [3.05, 3.63) is 89.2 Å². The molecule has 178 valence electrons. The van der Waals surface area contributed by atoms with Gasteiger partial charge in [0, 0.05) is 36.9 Å². The summed E-state index contributed by atoms with van der Waals surface area (Å²) in [6.45, 7) is 3.46. The van der Waals surface area contributed by atoms with Gasteiger partial charge in [-0.2, -0.15) is 0 Å². The second-order valence-electron chi connectivity index (χ2n) is 8.10. The number of piperazine rings is 1. The van der Waals surface area contributed by atoms with E-state index in [1.807, 2.05) is 0 Å². The number of carbonyl (C=O) groups is 1. The molecule has 3 aromatic carbocycles. The lowest BCUT2D eigenvalue weighted by Gasteiger charge is -2.37. The molecule has 0 radical (unpaired) electrons. The molecule has 1 heterocycles. The van der Waals surface area contributed by atoms with Gasteiger partial charge in [0.25, 0.3) is 10.0 Å². The fraction of sp³-hybridized carbons (Fsp3) is 0.240. The molecule has 1 aliphatic rings. The maximum absolute atomic E-state index is 13.5. The number of nitrogens with zero attached hydrogens (tertiary/aromatic N) is 3. The molecule has 9 heteroatoms. The zero-order chi connectivity index (χ0) is 24.3. The van der Waals surface area contributed by atoms with Gasteiger partial charge in [-0.15, -0.1) is 0 Å². The van der Waals surface area contributed by atoms with Gasteiger partial charge in [0.05, 0.1) is 10.6 Å². The van der Waals surface area contributed by atoms with Crippen LogP contribution in [0.4, 0.5) is 15.8 Å². The Bertz CT molecular complexity index is 1260. The first kappa shape index (κ1) is 24.0. The summed E-state index contributed by atoms with van der Waals surface area (Å²) in [7, 11) is -3.98. The lowest BCUT2D eigenvalue weighted by atomic mass is 10.2. The maximum atomic E-state index is 13.5. The van der Waals surface area contributed by atoms with E-state index in [1.165, 1.54) is 24.3 Å². The van der Waals surface area contributed by atoms with Gasteiger partial charge in [0.1, 0.15) is 12.4 Å². The molecule has 1 aliphatic heterocycles. The van der Waals surface area contributed by atoms with Crippen molar-refractivity contribution in [2.24, 2.45) is 0 Å². The Balaban J connectivity index is 1.55. The summed E-state index contributed by atoms with van der Waals surface area (Å²) in [6, 6.07) is 19.2. The van der Waals surface area contributed by atoms with E-state index >= 15 is 0 Å². The Morgan fingerprint density at radius 3 is 2.24 bits per heavy atom. The minimum atomic E-state index is -3.98. The monoisotopic (exact) mass is 501 g/mol. The van der Waals surface area contributed by atoms with E-state index in [1.54, 1.807) is 60.4 Å². The maximum Gasteiger partial charge on any atom is 0.264 e. The van der Waals surface area contributed by atoms with Gasteiger partial charge in [-0.3, -0.25) is 9.10 Å². The number of anilines is 2. The number of amides is 1. The molecule has 0 spiro atoms. The molecule has 0 aromatic heterocycles. The van der Waals surface area contributed by atoms with Crippen molar-refractivity contribution in [3.63, 3.8) is 0 Å². The molecule has 1 saturated heterocycles. The molecule has 34 heavy (non-hydrogen) atoms. The lowest BCUT2D eigenvalue weighted by molar-refractivity contribution is -0.129. The zero-order valence-corrected chi connectivity index (χ0v) is 20.3. The van der Waals surface area contributed by atoms with Crippen molar-refractivity contribution in [1.29, 1.82) is 0 Å². The Morgan fingerprint density at radius 1 is 0.971 bits per heavy atom. The molecule has 0 N–H and O–H groups in total. The Morgan fingerprint density at radius 2 is 1.62 bits per heavy atom. The highest BCUT2D eigenvalue weighted by Crippen LogP contribution is 2.29. The van der Waals surface area contributed by atoms with Crippen molar-refractivity contribution in [3.8, 4) is 0 Å². The summed E-state index contributed by atoms with van der Waals surface area (Å²) in [5.74, 6) is -0.581. The average Bonchev–Trinajstić information content (AvgIpc) is 2.84. The van der Waals surface area contributed by atoms with Gasteiger partial charge in [0.15, 0.2) is 0 Å². The number of sulfonamides is 1. The van der Waals surface area contributed by atoms with E-state index in [-0.39, 0.29) is 23.2 Å². The topological polar surface area (TPSA) is 60.9 Å². The van der Waals surface area contributed by atoms with Crippen LogP contribution in [0.3, 0.4) is 0 Å². The van der Waals surface area contributed by atoms with Crippen LogP contribution in [0.2, 0.25) is 5.02 Å². The normalized spacial score (nSPS) is 14.2. The molecule has 1 amide bonds. The van der Waals surface area contributed by atoms with Gasteiger partial charge in [0.2, 0.25) is 5.91 Å². The third kappa shape index (κ3) is 5.18. The molecule has 0 aliphatic carbocycles. The van der Waals surface area contributed by atoms with Crippen LogP contribution in [-0.4, -0.2) is 51.9 Å². The first-order valence-corrected chi connectivity index (χ1v) is 12.7. The molecule has 0 bridgehead atoms. The quantitative estimate of drug-likeness (QED) is 0.504. The Hall–Kier alpha value is -3.10. The number of aryl methyl sites for hydroxylation is 1. The summed E-state index contributed by atoms with van der Waals surface area (Å²) in [4.78, 5) is 17.1. The van der Waals surface area contributed by atoms with Crippen molar-refractivity contribution in [2.45, 2.75) is 11.8 Å². The molecule has 0 saturated carbocycles. The lowest BCUT2D eigenvalue weighted by Crippen LogP contribution is -2.52. The number of carbonyl (C=O) groups excluding carboxylic acids is 1. The van der Waals surface area contributed by atoms with Gasteiger partial charge < -0.3 is 9.80 Å². The summed E-state index contributed by atoms with van der Waals surface area (Å²) in [5, 5.41) is 0.488. The van der Waals surface area contributed by atoms with E-state index in [4.69, 9.17) is 11.6 Å². The molecule has 0 atom stereocenters. The summed E-state index contributed by atoms with van der Waals surface area (Å²) in [5.41, 5.74) is 1.95. The minimum Gasteiger partial charge on any atom is -0.368 e. The number of benzene rings is 3. The summed E-state index contributed by atoms with van der Waals surface area (Å²) < 4.78 is 41.4. The smallest absolute Gasteiger partial charge is 0.264 e. The first-order chi connectivity index (χ1) is 16.3. The van der Waals surface area contributed by atoms with E-state index in [0.717, 1.165) is 9.99 Å². The van der Waals surface area contributed by atoms with Crippen molar-refractivity contribution in [2.75, 3.05) is 41.9 Å². The van der Waals surface area contributed by atoms with Crippen LogP contribution >= 0.6 is 11.6 Å². The van der Waals surface area contributed by atoms with Crippen molar-refractivity contribution >= 4 is 38.9 Å². The number of halogens is 2. The third-order valence-electron chi connectivity index (χ3n) is 5.86. The number of hydrogen-bond donors (Lipinski definition) is 0. The zero-order valence-electron chi connectivity index (χ0n) is 18.7. The predicted molar refractivity (Wildman–Crippen MR) is 132 cm³/mol. The molecule has 1 fully saturated rings. The first-order valence-electron chi connectivity index (χ1n) is 10.9. The SMILES string of the molecule is Cc1cc(Cl)ccc1N(CC(=O)N1CCN(c2ccc(F)cc2)CC1)S(=O)(=O)c1ccccc1. The van der Waals surface area contributed by atoms with Crippen LogP contribution in [0, 0.1) is 12.7 Å². The minimum absolute atomic E-state index is 0.110. The predicted octanol–water partition coefficient (Wildman–Crippen LogP) is 4.33. The van der Waals surface area contributed by atoms with Gasteiger partial charge in [-0.05, 0) is 67.1 Å². The van der Waals surface area contributed by atoms with E-state index in [0.29, 0.717) is 42.5 Å². The highest BCUT2D eigenvalue weighted by Gasteiger charge is 2.31. The van der Waals surface area contributed by atoms with Crippen LogP contribution in [0.25, 0.3) is 0 Å². The van der Waals surface area contributed by atoms with Crippen LogP contribution in [0.1, 0.15) is 5.56 Å². The van der Waals surface area contributed by atoms with Crippen LogP contribution in [-0.2, 0) is 14.8 Å². The second-order valence-corrected chi connectivity index (χ2v) is 10.4. The van der Waals surface area contributed by atoms with E-state index in [9.17, 15) is 17.6 Å². The summed E-state index contributed by atoms with van der Waals surface area (Å²) >= 11 is 6.08. The number of rotatable bonds is 6. The average molecular weight is 502 g/mol. The largest absolute Gasteiger partial charge is 0.368 e. The third-order valence-corrected chi connectivity index (χ3v) is 7.87. The second kappa shape index (κ2) is 10.0. The summed E-state index contributed by atoms with van der Waals surface area (Å²) in [6.07, 6.45) is 0. The Labute approximate surface area is 204 Å². The Kier molecular flexibility index (Phi) is 7.09. The van der Waals surface area contributed by atoms with Crippen LogP contribution in [0.5, 0.6) is 0 Å². The van der Waals surface area contributed by atoms with Crippen molar-refractivity contribution in [1.82, 2.24) is 4.90 Å². The molecular weight excluding hydrogens is 477 g/mol. The molecule has 6 nitrogen and oxygen atoms in total. The molecule has 3 aromatic rings. The van der Waals surface area contributed by atoms with Crippen molar-refractivity contribution < 1.29 is 17.6 Å². The van der Waals surface area contributed by atoms with E-state index in [2.05, 4.69) is 4.90 Å². The number of hydrogen-bond acceptors (Lipinski definition) is 4. The van der Waals surface area contributed by atoms with Crippen LogP contribution in [0.15, 0.2) is 77.7 Å². The van der Waals surface area contributed by atoms with E-state index < -0.39 is 10.0 Å². The molecule has 4 rings (SSSR count). The standard InChI is InChI=1S/C25H25ClFN3O3S/c1-19-17-20(26)7-12-24(19)30(34(32,33)23-5-3-2-4-6-23)18-25(31)29-15-13-28(14-16-29)22-10-8-21(27)9-11-22/h2-12,17H,13-16,18H2,1H3. The molecule has 0 unspecified atom stereocenters. The van der Waals surface area contributed by atoms with Gasteiger partial charge in [-0.1, -0.05) is 29.8 Å². The van der Waals surface area contributed by atoms with Gasteiger partial charge in [-0.25, -0.2) is 12.8 Å². The molecular formula is C25H25ClFN3O3S. The fourth-order valence-corrected chi connectivity index (χ4v) is 5.73.